The van der Waals surface area contributed by atoms with E-state index in [1.807, 2.05) is 0 Å². The summed E-state index contributed by atoms with van der Waals surface area (Å²) in [6.07, 6.45) is 3.30. The molecule has 3 rings (SSSR count). The van der Waals surface area contributed by atoms with Crippen molar-refractivity contribution in [1.82, 2.24) is 0 Å². The van der Waals surface area contributed by atoms with E-state index in [1.54, 1.807) is 6.07 Å². The number of nitrogens with one attached hydrogen (secondary N) is 1. The van der Waals surface area contributed by atoms with Gasteiger partial charge in [0.15, 0.2) is 5.78 Å². The molecule has 0 radical (unpaired) electrons. The molecule has 0 saturated carbocycles. The highest BCUT2D eigenvalue weighted by molar-refractivity contribution is 8.00. The van der Waals surface area contributed by atoms with Crippen molar-refractivity contribution in [3.8, 4) is 0 Å². The maximum absolute atomic E-state index is 14.1. The van der Waals surface area contributed by atoms with Crippen LogP contribution in [-0.2, 0) is 4.79 Å². The van der Waals surface area contributed by atoms with Gasteiger partial charge in [-0.15, -0.1) is 11.8 Å². The Morgan fingerprint density at radius 2 is 1.82 bits per heavy atom. The summed E-state index contributed by atoms with van der Waals surface area (Å²) >= 11 is 1.03. The highest BCUT2D eigenvalue weighted by Gasteiger charge is 2.17. The molecule has 28 heavy (non-hydrogen) atoms. The molecule has 0 spiro atoms. The minimum Gasteiger partial charge on any atom is -0.370 e. The Kier molecular flexibility index (Phi) is 6.67. The third kappa shape index (κ3) is 5.10. The molecule has 2 aromatic carbocycles. The number of rotatable bonds is 6. The van der Waals surface area contributed by atoms with Crippen molar-refractivity contribution in [3.05, 3.63) is 53.6 Å². The van der Waals surface area contributed by atoms with E-state index >= 15 is 0 Å². The van der Waals surface area contributed by atoms with Crippen LogP contribution < -0.4 is 10.2 Å². The number of hydrogen-bond donors (Lipinski definition) is 1. The van der Waals surface area contributed by atoms with E-state index in [-0.39, 0.29) is 27.9 Å². The van der Waals surface area contributed by atoms with E-state index < -0.39 is 11.6 Å². The number of amides is 1. The average Bonchev–Trinajstić information content (AvgIpc) is 2.67. The molecule has 0 atom stereocenters. The molecule has 4 nitrogen and oxygen atoms in total. The fraction of sp³-hybridized carbons (Fsp3) is 0.333. The van der Waals surface area contributed by atoms with Crippen molar-refractivity contribution >= 4 is 34.8 Å². The summed E-state index contributed by atoms with van der Waals surface area (Å²) in [6.45, 7) is 3.11. The van der Waals surface area contributed by atoms with E-state index in [9.17, 15) is 18.4 Å². The van der Waals surface area contributed by atoms with Crippen LogP contribution in [0.4, 0.5) is 20.2 Å². The molecule has 0 unspecified atom stereocenters. The molecule has 0 aromatic heterocycles. The molecular weight excluding hydrogens is 382 g/mol. The second-order valence-electron chi connectivity index (χ2n) is 6.75. The standard InChI is InChI=1S/C21H22F2N2O2S/c1-14(26)15-5-8-20(17(23)11-15)28-13-21(27)24-18-12-16(22)6-7-19(18)25-9-3-2-4-10-25/h5-8,11-12H,2-4,9-10,13H2,1H3,(H,24,27). The quantitative estimate of drug-likeness (QED) is 0.550. The molecular formula is C21H22F2N2O2S. The summed E-state index contributed by atoms with van der Waals surface area (Å²) in [5, 5.41) is 2.75. The second-order valence-corrected chi connectivity index (χ2v) is 7.76. The van der Waals surface area contributed by atoms with Gasteiger partial charge in [0.25, 0.3) is 0 Å². The van der Waals surface area contributed by atoms with E-state index in [4.69, 9.17) is 0 Å². The smallest absolute Gasteiger partial charge is 0.234 e. The fourth-order valence-corrected chi connectivity index (χ4v) is 3.91. The third-order valence-corrected chi connectivity index (χ3v) is 5.68. The summed E-state index contributed by atoms with van der Waals surface area (Å²) in [6, 6.07) is 8.58. The van der Waals surface area contributed by atoms with Gasteiger partial charge in [-0.3, -0.25) is 9.59 Å². The van der Waals surface area contributed by atoms with Crippen molar-refractivity contribution in [2.75, 3.05) is 29.1 Å². The molecule has 0 aliphatic carbocycles. The first kappa shape index (κ1) is 20.3. The molecule has 1 fully saturated rings. The van der Waals surface area contributed by atoms with Crippen LogP contribution in [0.2, 0.25) is 0 Å². The second kappa shape index (κ2) is 9.19. The number of thioether (sulfide) groups is 1. The Morgan fingerprint density at radius 3 is 2.50 bits per heavy atom. The molecule has 2 aromatic rings. The molecule has 7 heteroatoms. The summed E-state index contributed by atoms with van der Waals surface area (Å²) in [5.41, 5.74) is 1.52. The Labute approximate surface area is 167 Å². The van der Waals surface area contributed by atoms with Gasteiger partial charge < -0.3 is 10.2 Å². The van der Waals surface area contributed by atoms with E-state index in [0.717, 1.165) is 43.4 Å². The number of halogens is 2. The van der Waals surface area contributed by atoms with Crippen LogP contribution in [0, 0.1) is 11.6 Å². The molecule has 1 N–H and O–H groups in total. The van der Waals surface area contributed by atoms with Crippen LogP contribution in [0.3, 0.4) is 0 Å². The zero-order valence-corrected chi connectivity index (χ0v) is 16.5. The van der Waals surface area contributed by atoms with Crippen LogP contribution in [0.1, 0.15) is 36.5 Å². The van der Waals surface area contributed by atoms with Gasteiger partial charge in [0.1, 0.15) is 11.6 Å². The molecule has 1 heterocycles. The zero-order chi connectivity index (χ0) is 20.1. The number of hydrogen-bond acceptors (Lipinski definition) is 4. The maximum atomic E-state index is 14.1. The molecule has 1 amide bonds. The van der Waals surface area contributed by atoms with Crippen molar-refractivity contribution in [1.29, 1.82) is 0 Å². The predicted octanol–water partition coefficient (Wildman–Crippen LogP) is 4.89. The van der Waals surface area contributed by atoms with Crippen LogP contribution in [-0.4, -0.2) is 30.5 Å². The minimum absolute atomic E-state index is 0.0215. The lowest BCUT2D eigenvalue weighted by Crippen LogP contribution is -2.30. The van der Waals surface area contributed by atoms with Gasteiger partial charge in [0, 0.05) is 23.5 Å². The van der Waals surface area contributed by atoms with E-state index in [0.29, 0.717) is 5.69 Å². The molecule has 148 valence electrons. The summed E-state index contributed by atoms with van der Waals surface area (Å²) in [5.74, 6) is -1.54. The number of carbonyl (C=O) groups is 2. The SMILES string of the molecule is CC(=O)c1ccc(SCC(=O)Nc2cc(F)ccc2N2CCCCC2)c(F)c1. The lowest BCUT2D eigenvalue weighted by Gasteiger charge is -2.30. The predicted molar refractivity (Wildman–Crippen MR) is 108 cm³/mol. The highest BCUT2D eigenvalue weighted by Crippen LogP contribution is 2.30. The van der Waals surface area contributed by atoms with Crippen molar-refractivity contribution in [2.24, 2.45) is 0 Å². The number of ketones is 1. The summed E-state index contributed by atoms with van der Waals surface area (Å²) < 4.78 is 27.8. The first-order chi connectivity index (χ1) is 13.4. The Balaban J connectivity index is 1.66. The number of Topliss-reactive ketones (excluding diaryl/α,β-unsaturated/α-hetero) is 1. The van der Waals surface area contributed by atoms with Crippen molar-refractivity contribution in [2.45, 2.75) is 31.1 Å². The summed E-state index contributed by atoms with van der Waals surface area (Å²) in [4.78, 5) is 26.1. The lowest BCUT2D eigenvalue weighted by atomic mass is 10.1. The van der Waals surface area contributed by atoms with Gasteiger partial charge in [-0.05, 0) is 56.5 Å². The number of benzene rings is 2. The van der Waals surface area contributed by atoms with E-state index in [1.165, 1.54) is 43.7 Å². The Hall–Kier alpha value is -2.41. The van der Waals surface area contributed by atoms with Crippen LogP contribution in [0.15, 0.2) is 41.3 Å². The molecule has 1 saturated heterocycles. The molecule has 1 aliphatic heterocycles. The number of nitrogens with zero attached hydrogens (tertiary/aromatic N) is 1. The van der Waals surface area contributed by atoms with Crippen LogP contribution in [0.25, 0.3) is 0 Å². The minimum atomic E-state index is -0.537. The fourth-order valence-electron chi connectivity index (χ4n) is 3.19. The van der Waals surface area contributed by atoms with Gasteiger partial charge >= 0.3 is 0 Å². The largest absolute Gasteiger partial charge is 0.370 e. The average molecular weight is 404 g/mol. The van der Waals surface area contributed by atoms with Gasteiger partial charge in [0.2, 0.25) is 5.91 Å². The van der Waals surface area contributed by atoms with Crippen LogP contribution in [0.5, 0.6) is 0 Å². The first-order valence-corrected chi connectivity index (χ1v) is 10.2. The highest BCUT2D eigenvalue weighted by atomic mass is 32.2. The Bertz CT molecular complexity index is 883. The van der Waals surface area contributed by atoms with Crippen molar-refractivity contribution in [3.63, 3.8) is 0 Å². The number of anilines is 2. The normalized spacial score (nSPS) is 14.0. The van der Waals surface area contributed by atoms with E-state index in [2.05, 4.69) is 10.2 Å². The van der Waals surface area contributed by atoms with Gasteiger partial charge in [0.05, 0.1) is 17.1 Å². The van der Waals surface area contributed by atoms with Gasteiger partial charge in [-0.2, -0.15) is 0 Å². The molecule has 1 aliphatic rings. The van der Waals surface area contributed by atoms with Crippen LogP contribution >= 0.6 is 11.8 Å². The number of carbonyl (C=O) groups excluding carboxylic acids is 2. The maximum Gasteiger partial charge on any atom is 0.234 e. The lowest BCUT2D eigenvalue weighted by molar-refractivity contribution is -0.113. The van der Waals surface area contributed by atoms with Gasteiger partial charge in [-0.1, -0.05) is 6.07 Å². The topological polar surface area (TPSA) is 49.4 Å². The summed E-state index contributed by atoms with van der Waals surface area (Å²) in [7, 11) is 0. The molecule has 0 bridgehead atoms. The first-order valence-electron chi connectivity index (χ1n) is 9.21. The van der Waals surface area contributed by atoms with Crippen molar-refractivity contribution < 1.29 is 18.4 Å². The number of piperidine rings is 1. The Morgan fingerprint density at radius 1 is 1.07 bits per heavy atom. The zero-order valence-electron chi connectivity index (χ0n) is 15.6. The third-order valence-electron chi connectivity index (χ3n) is 4.63. The van der Waals surface area contributed by atoms with Gasteiger partial charge in [-0.25, -0.2) is 8.78 Å². The monoisotopic (exact) mass is 404 g/mol.